The Morgan fingerprint density at radius 2 is 2.00 bits per heavy atom. The smallest absolute Gasteiger partial charge is 0.370 e. The lowest BCUT2D eigenvalue weighted by atomic mass is 9.85. The zero-order chi connectivity index (χ0) is 14.5. The summed E-state index contributed by atoms with van der Waals surface area (Å²) < 4.78 is 39.0. The molecule has 1 unspecified atom stereocenters. The van der Waals surface area contributed by atoms with Gasteiger partial charge in [0.2, 0.25) is 11.8 Å². The highest BCUT2D eigenvalue weighted by Gasteiger charge is 2.61. The van der Waals surface area contributed by atoms with E-state index in [1.165, 1.54) is 0 Å². The molecule has 0 saturated carbocycles. The van der Waals surface area contributed by atoms with Gasteiger partial charge in [0.25, 0.3) is 0 Å². The summed E-state index contributed by atoms with van der Waals surface area (Å²) in [6, 6.07) is 0. The van der Waals surface area contributed by atoms with Gasteiger partial charge in [-0.1, -0.05) is 0 Å². The fourth-order valence-corrected chi connectivity index (χ4v) is 2.05. The number of primary amides is 1. The maximum atomic E-state index is 13.0. The zero-order valence-corrected chi connectivity index (χ0v) is 10.5. The van der Waals surface area contributed by atoms with Crippen molar-refractivity contribution in [2.24, 2.45) is 11.1 Å². The molecule has 19 heavy (non-hydrogen) atoms. The van der Waals surface area contributed by atoms with Crippen LogP contribution in [-0.4, -0.2) is 37.6 Å². The average molecular weight is 281 g/mol. The first kappa shape index (κ1) is 15.7. The van der Waals surface area contributed by atoms with Gasteiger partial charge in [-0.3, -0.25) is 9.59 Å². The molecule has 1 aliphatic heterocycles. The van der Waals surface area contributed by atoms with Gasteiger partial charge in [-0.15, -0.1) is 0 Å². The number of alkyl halides is 3. The molecule has 1 saturated heterocycles. The summed E-state index contributed by atoms with van der Waals surface area (Å²) in [5, 5.41) is 4.87. The second-order valence-electron chi connectivity index (χ2n) is 4.69. The number of halogens is 3. The Labute approximate surface area is 109 Å². The molecule has 8 heteroatoms. The molecule has 0 aromatic heterocycles. The molecule has 1 rings (SSSR count). The van der Waals surface area contributed by atoms with Gasteiger partial charge in [0.15, 0.2) is 5.41 Å². The van der Waals surface area contributed by atoms with Crippen molar-refractivity contribution in [2.45, 2.75) is 31.9 Å². The van der Waals surface area contributed by atoms with Crippen LogP contribution in [0.2, 0.25) is 0 Å². The van der Waals surface area contributed by atoms with E-state index in [0.29, 0.717) is 12.8 Å². The van der Waals surface area contributed by atoms with Crippen LogP contribution in [-0.2, 0) is 9.59 Å². The van der Waals surface area contributed by atoms with Crippen molar-refractivity contribution < 1.29 is 22.8 Å². The number of rotatable bonds is 6. The van der Waals surface area contributed by atoms with Gasteiger partial charge in [0.1, 0.15) is 0 Å². The number of nitrogens with one attached hydrogen (secondary N) is 2. The Morgan fingerprint density at radius 3 is 2.47 bits per heavy atom. The summed E-state index contributed by atoms with van der Waals surface area (Å²) >= 11 is 0. The first-order valence-corrected chi connectivity index (χ1v) is 6.14. The Hall–Kier alpha value is -1.31. The van der Waals surface area contributed by atoms with Crippen molar-refractivity contribution in [3.05, 3.63) is 0 Å². The van der Waals surface area contributed by atoms with Crippen molar-refractivity contribution in [2.75, 3.05) is 19.6 Å². The van der Waals surface area contributed by atoms with E-state index in [1.54, 1.807) is 0 Å². The molecule has 0 spiro atoms. The molecule has 110 valence electrons. The standard InChI is InChI=1S/C11H18F3N3O2/c12-11(13,14)10(4-6-16-7-10)9(19)17-5-2-1-3-8(15)18/h16H,1-7H2,(H2,15,18)(H,17,19). The number of unbranched alkanes of at least 4 members (excludes halogenated alkanes) is 1. The van der Waals surface area contributed by atoms with Crippen LogP contribution < -0.4 is 16.4 Å². The molecule has 0 radical (unpaired) electrons. The van der Waals surface area contributed by atoms with E-state index in [-0.39, 0.29) is 32.5 Å². The van der Waals surface area contributed by atoms with Gasteiger partial charge in [0, 0.05) is 19.5 Å². The Balaban J connectivity index is 2.44. The number of hydrogen-bond acceptors (Lipinski definition) is 3. The highest BCUT2D eigenvalue weighted by Crippen LogP contribution is 2.43. The van der Waals surface area contributed by atoms with Gasteiger partial charge in [0.05, 0.1) is 0 Å². The van der Waals surface area contributed by atoms with Crippen LogP contribution in [0.3, 0.4) is 0 Å². The summed E-state index contributed by atoms with van der Waals surface area (Å²) in [5.74, 6) is -1.46. The summed E-state index contributed by atoms with van der Waals surface area (Å²) in [6.07, 6.45) is -3.76. The molecule has 2 amide bonds. The van der Waals surface area contributed by atoms with E-state index < -0.39 is 23.4 Å². The zero-order valence-electron chi connectivity index (χ0n) is 10.5. The maximum absolute atomic E-state index is 13.0. The number of carbonyl (C=O) groups is 2. The van der Waals surface area contributed by atoms with Gasteiger partial charge in [-0.05, 0) is 25.8 Å². The molecule has 1 fully saturated rings. The predicted octanol–water partition coefficient (Wildman–Crippen LogP) is 0.300. The van der Waals surface area contributed by atoms with Crippen LogP contribution in [0.4, 0.5) is 13.2 Å². The highest BCUT2D eigenvalue weighted by atomic mass is 19.4. The normalized spacial score (nSPS) is 23.3. The van der Waals surface area contributed by atoms with E-state index in [1.807, 2.05) is 0 Å². The molecule has 0 bridgehead atoms. The molecular formula is C11H18F3N3O2. The topological polar surface area (TPSA) is 84.2 Å². The van der Waals surface area contributed by atoms with E-state index in [0.717, 1.165) is 0 Å². The highest BCUT2D eigenvalue weighted by molar-refractivity contribution is 5.84. The number of amides is 2. The van der Waals surface area contributed by atoms with Crippen LogP contribution >= 0.6 is 0 Å². The van der Waals surface area contributed by atoms with E-state index in [4.69, 9.17) is 5.73 Å². The fraction of sp³-hybridized carbons (Fsp3) is 0.818. The van der Waals surface area contributed by atoms with Crippen LogP contribution in [0.1, 0.15) is 25.7 Å². The van der Waals surface area contributed by atoms with Crippen molar-refractivity contribution in [3.63, 3.8) is 0 Å². The van der Waals surface area contributed by atoms with E-state index in [9.17, 15) is 22.8 Å². The summed E-state index contributed by atoms with van der Waals surface area (Å²) in [6.45, 7) is -0.0951. The Bertz CT molecular complexity index is 339. The molecule has 1 aliphatic rings. The van der Waals surface area contributed by atoms with Crippen LogP contribution in [0.25, 0.3) is 0 Å². The van der Waals surface area contributed by atoms with Gasteiger partial charge in [-0.2, -0.15) is 13.2 Å². The fourth-order valence-electron chi connectivity index (χ4n) is 2.05. The molecule has 0 aromatic carbocycles. The number of nitrogens with two attached hydrogens (primary N) is 1. The lowest BCUT2D eigenvalue weighted by Crippen LogP contribution is -2.52. The van der Waals surface area contributed by atoms with Crippen LogP contribution in [0.5, 0.6) is 0 Å². The third-order valence-corrected chi connectivity index (χ3v) is 3.27. The number of hydrogen-bond donors (Lipinski definition) is 3. The predicted molar refractivity (Wildman–Crippen MR) is 62.0 cm³/mol. The molecule has 4 N–H and O–H groups in total. The molecule has 1 atom stereocenters. The minimum Gasteiger partial charge on any atom is -0.370 e. The van der Waals surface area contributed by atoms with Crippen LogP contribution in [0.15, 0.2) is 0 Å². The third kappa shape index (κ3) is 3.82. The van der Waals surface area contributed by atoms with Crippen molar-refractivity contribution in [1.29, 1.82) is 0 Å². The minimum absolute atomic E-state index is 0.115. The first-order chi connectivity index (χ1) is 8.79. The molecule has 1 heterocycles. The molecule has 0 aromatic rings. The molecule has 5 nitrogen and oxygen atoms in total. The largest absolute Gasteiger partial charge is 0.404 e. The lowest BCUT2D eigenvalue weighted by molar-refractivity contribution is -0.216. The Kier molecular flexibility index (Phi) is 5.16. The minimum atomic E-state index is -4.56. The summed E-state index contributed by atoms with van der Waals surface area (Å²) in [5.41, 5.74) is 2.61. The second-order valence-corrected chi connectivity index (χ2v) is 4.69. The second kappa shape index (κ2) is 6.23. The first-order valence-electron chi connectivity index (χ1n) is 6.14. The van der Waals surface area contributed by atoms with E-state index in [2.05, 4.69) is 10.6 Å². The number of carbonyl (C=O) groups excluding carboxylic acids is 2. The summed E-state index contributed by atoms with van der Waals surface area (Å²) in [7, 11) is 0. The van der Waals surface area contributed by atoms with Gasteiger partial charge >= 0.3 is 6.18 Å². The average Bonchev–Trinajstić information content (AvgIpc) is 2.77. The van der Waals surface area contributed by atoms with Crippen molar-refractivity contribution in [1.82, 2.24) is 10.6 Å². The monoisotopic (exact) mass is 281 g/mol. The van der Waals surface area contributed by atoms with E-state index >= 15 is 0 Å². The van der Waals surface area contributed by atoms with Gasteiger partial charge < -0.3 is 16.4 Å². The molecular weight excluding hydrogens is 263 g/mol. The summed E-state index contributed by atoms with van der Waals surface area (Å²) in [4.78, 5) is 22.2. The molecule has 0 aliphatic carbocycles. The Morgan fingerprint density at radius 1 is 1.32 bits per heavy atom. The van der Waals surface area contributed by atoms with Crippen LogP contribution in [0, 0.1) is 5.41 Å². The SMILES string of the molecule is NC(=O)CCCCNC(=O)C1(C(F)(F)F)CCNC1. The maximum Gasteiger partial charge on any atom is 0.404 e. The third-order valence-electron chi connectivity index (χ3n) is 3.27. The van der Waals surface area contributed by atoms with Gasteiger partial charge in [-0.25, -0.2) is 0 Å². The lowest BCUT2D eigenvalue weighted by Gasteiger charge is -2.29. The quantitative estimate of drug-likeness (QED) is 0.612. The van der Waals surface area contributed by atoms with Crippen molar-refractivity contribution >= 4 is 11.8 Å². The van der Waals surface area contributed by atoms with Crippen molar-refractivity contribution in [3.8, 4) is 0 Å².